The van der Waals surface area contributed by atoms with Gasteiger partial charge in [0.05, 0.1) is 7.11 Å². The quantitative estimate of drug-likeness (QED) is 0.807. The van der Waals surface area contributed by atoms with E-state index in [1.807, 2.05) is 59.5 Å². The van der Waals surface area contributed by atoms with Gasteiger partial charge in [-0.15, -0.1) is 0 Å². The van der Waals surface area contributed by atoms with Crippen molar-refractivity contribution in [1.82, 2.24) is 9.80 Å². The van der Waals surface area contributed by atoms with Crippen LogP contribution in [0.5, 0.6) is 11.5 Å². The first-order valence-electron chi connectivity index (χ1n) is 9.17. The van der Waals surface area contributed by atoms with E-state index in [2.05, 4.69) is 4.90 Å². The number of hydrogen-bond donors (Lipinski definition) is 1. The standard InChI is InChI=1S/C21H26N2O4/c1-26-19-7-9-20(10-8-19)27-16-18(24)15-22-11-13-23(14-12-22)21(25)17-5-3-2-4-6-17/h2-10,18,24H,11-16H2,1H3/t18-/m0/s1. The van der Waals surface area contributed by atoms with Crippen molar-refractivity contribution in [1.29, 1.82) is 0 Å². The molecule has 0 radical (unpaired) electrons. The van der Waals surface area contributed by atoms with Gasteiger partial charge in [-0.1, -0.05) is 18.2 Å². The van der Waals surface area contributed by atoms with Crippen LogP contribution < -0.4 is 9.47 Å². The third-order valence-electron chi connectivity index (χ3n) is 4.65. The van der Waals surface area contributed by atoms with E-state index in [0.717, 1.165) is 24.4 Å². The molecule has 1 aliphatic rings. The number of ether oxygens (including phenoxy) is 2. The van der Waals surface area contributed by atoms with Crippen LogP contribution in [0, 0.1) is 0 Å². The van der Waals surface area contributed by atoms with Crippen LogP contribution in [-0.4, -0.2) is 73.4 Å². The maximum atomic E-state index is 12.5. The second-order valence-corrected chi connectivity index (χ2v) is 6.60. The second kappa shape index (κ2) is 9.39. The van der Waals surface area contributed by atoms with Gasteiger partial charge in [0.25, 0.3) is 5.91 Å². The molecule has 1 aliphatic heterocycles. The molecule has 1 N–H and O–H groups in total. The van der Waals surface area contributed by atoms with Crippen molar-refractivity contribution in [3.8, 4) is 11.5 Å². The van der Waals surface area contributed by atoms with E-state index in [0.29, 0.717) is 25.4 Å². The van der Waals surface area contributed by atoms with Crippen LogP contribution in [0.3, 0.4) is 0 Å². The fourth-order valence-corrected chi connectivity index (χ4v) is 3.11. The molecule has 0 bridgehead atoms. The fraction of sp³-hybridized carbons (Fsp3) is 0.381. The van der Waals surface area contributed by atoms with E-state index in [1.54, 1.807) is 7.11 Å². The van der Waals surface area contributed by atoms with E-state index in [4.69, 9.17) is 9.47 Å². The highest BCUT2D eigenvalue weighted by molar-refractivity contribution is 5.94. The Kier molecular flexibility index (Phi) is 6.68. The van der Waals surface area contributed by atoms with E-state index >= 15 is 0 Å². The molecule has 1 fully saturated rings. The average Bonchev–Trinajstić information content (AvgIpc) is 2.73. The van der Waals surface area contributed by atoms with Gasteiger partial charge in [-0.2, -0.15) is 0 Å². The van der Waals surface area contributed by atoms with E-state index in [1.165, 1.54) is 0 Å². The molecule has 0 aliphatic carbocycles. The van der Waals surface area contributed by atoms with Crippen LogP contribution in [-0.2, 0) is 0 Å². The van der Waals surface area contributed by atoms with Crippen molar-refractivity contribution in [2.75, 3.05) is 46.4 Å². The maximum Gasteiger partial charge on any atom is 0.253 e. The van der Waals surface area contributed by atoms with E-state index in [9.17, 15) is 9.90 Å². The van der Waals surface area contributed by atoms with Crippen LogP contribution in [0.1, 0.15) is 10.4 Å². The molecule has 6 heteroatoms. The molecule has 0 spiro atoms. The van der Waals surface area contributed by atoms with E-state index in [-0.39, 0.29) is 12.5 Å². The predicted molar refractivity (Wildman–Crippen MR) is 103 cm³/mol. The summed E-state index contributed by atoms with van der Waals surface area (Å²) in [5.41, 5.74) is 0.721. The Morgan fingerprint density at radius 3 is 2.26 bits per heavy atom. The van der Waals surface area contributed by atoms with Crippen molar-refractivity contribution < 1.29 is 19.4 Å². The summed E-state index contributed by atoms with van der Waals surface area (Å²) in [5, 5.41) is 10.2. The summed E-state index contributed by atoms with van der Waals surface area (Å²) in [4.78, 5) is 16.5. The van der Waals surface area contributed by atoms with E-state index < -0.39 is 6.10 Å². The Morgan fingerprint density at radius 1 is 1.00 bits per heavy atom. The summed E-state index contributed by atoms with van der Waals surface area (Å²) in [7, 11) is 1.62. The van der Waals surface area contributed by atoms with Crippen LogP contribution in [0.2, 0.25) is 0 Å². The zero-order valence-electron chi connectivity index (χ0n) is 15.6. The topological polar surface area (TPSA) is 62.2 Å². The van der Waals surface area contributed by atoms with Crippen molar-refractivity contribution in [2.45, 2.75) is 6.10 Å². The van der Waals surface area contributed by atoms with Gasteiger partial charge in [0.15, 0.2) is 0 Å². The lowest BCUT2D eigenvalue weighted by Gasteiger charge is -2.35. The Labute approximate surface area is 159 Å². The highest BCUT2D eigenvalue weighted by Crippen LogP contribution is 2.17. The molecule has 0 unspecified atom stereocenters. The molecule has 6 nitrogen and oxygen atoms in total. The van der Waals surface area contributed by atoms with Crippen molar-refractivity contribution in [3.63, 3.8) is 0 Å². The number of aliphatic hydroxyl groups excluding tert-OH is 1. The Bertz CT molecular complexity index is 713. The number of amides is 1. The molecular weight excluding hydrogens is 344 g/mol. The monoisotopic (exact) mass is 370 g/mol. The minimum Gasteiger partial charge on any atom is -0.497 e. The number of carbonyl (C=O) groups is 1. The number of nitrogens with zero attached hydrogens (tertiary/aromatic N) is 2. The first-order valence-corrected chi connectivity index (χ1v) is 9.17. The molecule has 144 valence electrons. The smallest absolute Gasteiger partial charge is 0.253 e. The minimum absolute atomic E-state index is 0.0682. The maximum absolute atomic E-state index is 12.5. The Morgan fingerprint density at radius 2 is 1.63 bits per heavy atom. The predicted octanol–water partition coefficient (Wildman–Crippen LogP) is 1.89. The van der Waals surface area contributed by atoms with Crippen molar-refractivity contribution in [2.24, 2.45) is 0 Å². The molecule has 1 heterocycles. The third kappa shape index (κ3) is 5.45. The molecule has 3 rings (SSSR count). The van der Waals surface area contributed by atoms with Gasteiger partial charge in [0, 0.05) is 38.3 Å². The zero-order valence-corrected chi connectivity index (χ0v) is 15.6. The molecular formula is C21H26N2O4. The van der Waals surface area contributed by atoms with Crippen LogP contribution >= 0.6 is 0 Å². The van der Waals surface area contributed by atoms with Gasteiger partial charge in [0.1, 0.15) is 24.2 Å². The minimum atomic E-state index is -0.580. The summed E-state index contributed by atoms with van der Waals surface area (Å²) in [6.07, 6.45) is -0.580. The number of methoxy groups -OCH3 is 1. The van der Waals surface area contributed by atoms with Gasteiger partial charge < -0.3 is 19.5 Å². The molecule has 27 heavy (non-hydrogen) atoms. The molecule has 2 aromatic rings. The summed E-state index contributed by atoms with van der Waals surface area (Å²) < 4.78 is 10.7. The third-order valence-corrected chi connectivity index (χ3v) is 4.65. The molecule has 1 saturated heterocycles. The number of piperazine rings is 1. The normalized spacial score (nSPS) is 16.0. The SMILES string of the molecule is COc1ccc(OC[C@@H](O)CN2CCN(C(=O)c3ccccc3)CC2)cc1. The molecule has 2 aromatic carbocycles. The fourth-order valence-electron chi connectivity index (χ4n) is 3.11. The number of rotatable bonds is 7. The van der Waals surface area contributed by atoms with Gasteiger partial charge >= 0.3 is 0 Å². The number of aliphatic hydroxyl groups is 1. The zero-order chi connectivity index (χ0) is 19.1. The first-order chi connectivity index (χ1) is 13.2. The summed E-state index contributed by atoms with van der Waals surface area (Å²) in [6, 6.07) is 16.6. The Balaban J connectivity index is 1.40. The summed E-state index contributed by atoms with van der Waals surface area (Å²) in [5.74, 6) is 1.54. The van der Waals surface area contributed by atoms with Crippen LogP contribution in [0.25, 0.3) is 0 Å². The highest BCUT2D eigenvalue weighted by atomic mass is 16.5. The molecule has 1 atom stereocenters. The number of benzene rings is 2. The number of carbonyl (C=O) groups excluding carboxylic acids is 1. The summed E-state index contributed by atoms with van der Waals surface area (Å²) in [6.45, 7) is 3.59. The summed E-state index contributed by atoms with van der Waals surface area (Å²) >= 11 is 0. The number of hydrogen-bond acceptors (Lipinski definition) is 5. The lowest BCUT2D eigenvalue weighted by Crippen LogP contribution is -2.50. The molecule has 1 amide bonds. The van der Waals surface area contributed by atoms with Crippen LogP contribution in [0.4, 0.5) is 0 Å². The average molecular weight is 370 g/mol. The lowest BCUT2D eigenvalue weighted by atomic mass is 10.2. The Hall–Kier alpha value is -2.57. The molecule has 0 saturated carbocycles. The van der Waals surface area contributed by atoms with Gasteiger partial charge in [0.2, 0.25) is 0 Å². The van der Waals surface area contributed by atoms with Crippen molar-refractivity contribution in [3.05, 3.63) is 60.2 Å². The largest absolute Gasteiger partial charge is 0.497 e. The second-order valence-electron chi connectivity index (χ2n) is 6.60. The molecule has 0 aromatic heterocycles. The first kappa shape index (κ1) is 19.2. The van der Waals surface area contributed by atoms with Gasteiger partial charge in [-0.25, -0.2) is 0 Å². The van der Waals surface area contributed by atoms with Gasteiger partial charge in [-0.3, -0.25) is 9.69 Å². The van der Waals surface area contributed by atoms with Crippen molar-refractivity contribution >= 4 is 5.91 Å². The highest BCUT2D eigenvalue weighted by Gasteiger charge is 2.23. The lowest BCUT2D eigenvalue weighted by molar-refractivity contribution is 0.0403. The van der Waals surface area contributed by atoms with Crippen LogP contribution in [0.15, 0.2) is 54.6 Å². The van der Waals surface area contributed by atoms with Gasteiger partial charge in [-0.05, 0) is 36.4 Å². The number of β-amino-alcohol motifs (C(OH)–C–C–N with tert-alkyl or cyclic N) is 1.